The van der Waals surface area contributed by atoms with Crippen LogP contribution in [0.5, 0.6) is 0 Å². The topological polar surface area (TPSA) is 9.23 Å². The minimum Gasteiger partial charge on any atom is -0.369 e. The van der Waals surface area contributed by atoms with Crippen molar-refractivity contribution in [2.24, 2.45) is 11.8 Å². The van der Waals surface area contributed by atoms with Crippen LogP contribution in [0.25, 0.3) is 0 Å². The zero-order valence-corrected chi connectivity index (χ0v) is 11.1. The molecule has 0 spiro atoms. The smallest absolute Gasteiger partial charge is 0.0866 e. The lowest BCUT2D eigenvalue weighted by molar-refractivity contribution is -0.0857. The predicted octanol–water partition coefficient (Wildman–Crippen LogP) is 4.51. The van der Waals surface area contributed by atoms with E-state index in [1.165, 1.54) is 30.4 Å². The van der Waals surface area contributed by atoms with Crippen LogP contribution in [0.2, 0.25) is 0 Å². The van der Waals surface area contributed by atoms with Gasteiger partial charge >= 0.3 is 0 Å². The second-order valence-electron chi connectivity index (χ2n) is 5.96. The van der Waals surface area contributed by atoms with Crippen molar-refractivity contribution in [2.75, 3.05) is 0 Å². The fraction of sp³-hybridized carbons (Fsp3) is 0.529. The zero-order valence-electron chi connectivity index (χ0n) is 11.1. The van der Waals surface area contributed by atoms with E-state index in [1.807, 2.05) is 0 Å². The first-order valence-electron chi connectivity index (χ1n) is 7.12. The van der Waals surface area contributed by atoms with Gasteiger partial charge in [-0.1, -0.05) is 49.4 Å². The lowest BCUT2D eigenvalue weighted by Crippen LogP contribution is -2.37. The lowest BCUT2D eigenvalue weighted by Gasteiger charge is -2.43. The van der Waals surface area contributed by atoms with Crippen LogP contribution in [-0.2, 0) is 4.74 Å². The van der Waals surface area contributed by atoms with Crippen molar-refractivity contribution in [3.8, 4) is 0 Å². The molecule has 1 aliphatic carbocycles. The monoisotopic (exact) mass is 242 g/mol. The predicted molar refractivity (Wildman–Crippen MR) is 74.3 cm³/mol. The fourth-order valence-electron chi connectivity index (χ4n) is 3.46. The van der Waals surface area contributed by atoms with E-state index >= 15 is 0 Å². The molecule has 18 heavy (non-hydrogen) atoms. The minimum atomic E-state index is 0.227. The van der Waals surface area contributed by atoms with Crippen LogP contribution in [0, 0.1) is 11.8 Å². The molecule has 1 heterocycles. The van der Waals surface area contributed by atoms with Gasteiger partial charge in [0, 0.05) is 5.92 Å². The number of rotatable bonds is 1. The summed E-state index contributed by atoms with van der Waals surface area (Å²) in [6, 6.07) is 10.6. The first-order chi connectivity index (χ1) is 8.74. The van der Waals surface area contributed by atoms with Gasteiger partial charge in [0.2, 0.25) is 0 Å². The van der Waals surface area contributed by atoms with Crippen molar-refractivity contribution in [3.63, 3.8) is 0 Å². The molecular formula is C17H22O. The van der Waals surface area contributed by atoms with E-state index in [0.717, 1.165) is 12.3 Å². The Morgan fingerprint density at radius 1 is 1.17 bits per heavy atom. The normalized spacial score (nSPS) is 36.2. The Labute approximate surface area is 110 Å². The summed E-state index contributed by atoms with van der Waals surface area (Å²) < 4.78 is 6.36. The third-order valence-electron chi connectivity index (χ3n) is 4.54. The maximum absolute atomic E-state index is 6.36. The van der Waals surface area contributed by atoms with Crippen LogP contribution < -0.4 is 0 Å². The highest BCUT2D eigenvalue weighted by Crippen LogP contribution is 2.44. The van der Waals surface area contributed by atoms with Crippen molar-refractivity contribution in [1.82, 2.24) is 0 Å². The Balaban J connectivity index is 1.78. The van der Waals surface area contributed by atoms with Gasteiger partial charge in [-0.25, -0.2) is 0 Å². The summed E-state index contributed by atoms with van der Waals surface area (Å²) in [6.45, 7) is 6.66. The molecule has 0 bridgehead atoms. The van der Waals surface area contributed by atoms with Crippen molar-refractivity contribution in [1.29, 1.82) is 0 Å². The molecule has 1 heteroatoms. The zero-order chi connectivity index (χ0) is 12.5. The third kappa shape index (κ3) is 2.24. The number of fused-ring (bicyclic) bond motifs is 1. The summed E-state index contributed by atoms with van der Waals surface area (Å²) in [5.74, 6) is 1.41. The molecule has 1 saturated heterocycles. The number of hydrogen-bond donors (Lipinski definition) is 0. The van der Waals surface area contributed by atoms with Crippen LogP contribution in [0.15, 0.2) is 42.5 Å². The molecule has 1 nitrogen and oxygen atoms in total. The first-order valence-corrected chi connectivity index (χ1v) is 7.12. The summed E-state index contributed by atoms with van der Waals surface area (Å²) in [5, 5.41) is 0. The standard InChI is InChI=1S/C17H22O/c1-12-8-9-15-13(2)11-16(18-17(15)10-12)14-6-4-3-5-7-14/h3-7,12,15-17H,2,8-11H2,1H3/t12-,15-,16-,17-/m1/s1. The van der Waals surface area contributed by atoms with Gasteiger partial charge in [0.25, 0.3) is 0 Å². The second kappa shape index (κ2) is 4.89. The van der Waals surface area contributed by atoms with Crippen LogP contribution >= 0.6 is 0 Å². The molecule has 4 atom stereocenters. The Morgan fingerprint density at radius 3 is 2.72 bits per heavy atom. The maximum atomic E-state index is 6.36. The number of hydrogen-bond acceptors (Lipinski definition) is 1. The summed E-state index contributed by atoms with van der Waals surface area (Å²) in [6.07, 6.45) is 5.43. The number of ether oxygens (including phenoxy) is 1. The molecule has 1 aliphatic heterocycles. The van der Waals surface area contributed by atoms with Gasteiger partial charge in [0.1, 0.15) is 0 Å². The van der Waals surface area contributed by atoms with Gasteiger partial charge in [0.15, 0.2) is 0 Å². The Bertz CT molecular complexity index is 422. The van der Waals surface area contributed by atoms with E-state index in [0.29, 0.717) is 12.0 Å². The van der Waals surface area contributed by atoms with Crippen molar-refractivity contribution in [3.05, 3.63) is 48.0 Å². The molecule has 2 fully saturated rings. The van der Waals surface area contributed by atoms with Gasteiger partial charge in [0.05, 0.1) is 12.2 Å². The molecule has 2 aliphatic rings. The molecule has 96 valence electrons. The van der Waals surface area contributed by atoms with Crippen molar-refractivity contribution in [2.45, 2.75) is 44.8 Å². The van der Waals surface area contributed by atoms with Gasteiger partial charge in [-0.15, -0.1) is 0 Å². The molecule has 1 aromatic carbocycles. The summed E-state index contributed by atoms with van der Waals surface area (Å²) in [7, 11) is 0. The highest BCUT2D eigenvalue weighted by Gasteiger charge is 2.37. The van der Waals surface area contributed by atoms with Gasteiger partial charge < -0.3 is 4.74 Å². The molecule has 0 aromatic heterocycles. The number of benzene rings is 1. The van der Waals surface area contributed by atoms with Crippen LogP contribution in [0.4, 0.5) is 0 Å². The fourth-order valence-corrected chi connectivity index (χ4v) is 3.46. The molecular weight excluding hydrogens is 220 g/mol. The van der Waals surface area contributed by atoms with E-state index in [2.05, 4.69) is 43.8 Å². The summed E-state index contributed by atoms with van der Waals surface area (Å²) >= 11 is 0. The van der Waals surface area contributed by atoms with Gasteiger partial charge in [-0.3, -0.25) is 0 Å². The average Bonchev–Trinajstić information content (AvgIpc) is 2.39. The van der Waals surface area contributed by atoms with Crippen LogP contribution in [0.3, 0.4) is 0 Å². The lowest BCUT2D eigenvalue weighted by atomic mass is 9.74. The Kier molecular flexibility index (Phi) is 3.25. The molecule has 3 rings (SSSR count). The van der Waals surface area contributed by atoms with E-state index < -0.39 is 0 Å². The molecule has 0 amide bonds. The van der Waals surface area contributed by atoms with E-state index in [4.69, 9.17) is 4.74 Å². The molecule has 1 aromatic rings. The van der Waals surface area contributed by atoms with E-state index in [-0.39, 0.29) is 6.10 Å². The SMILES string of the molecule is C=C1C[C@H](c2ccccc2)O[C@@H]2C[C@H](C)CC[C@H]12. The molecule has 0 radical (unpaired) electrons. The van der Waals surface area contributed by atoms with Gasteiger partial charge in [-0.05, 0) is 37.2 Å². The van der Waals surface area contributed by atoms with Gasteiger partial charge in [-0.2, -0.15) is 0 Å². The Morgan fingerprint density at radius 2 is 1.94 bits per heavy atom. The van der Waals surface area contributed by atoms with Crippen LogP contribution in [0.1, 0.15) is 44.3 Å². The maximum Gasteiger partial charge on any atom is 0.0866 e. The first kappa shape index (κ1) is 12.0. The second-order valence-corrected chi connectivity index (χ2v) is 5.96. The van der Waals surface area contributed by atoms with Crippen LogP contribution in [-0.4, -0.2) is 6.10 Å². The van der Waals surface area contributed by atoms with Crippen molar-refractivity contribution < 1.29 is 4.74 Å². The van der Waals surface area contributed by atoms with Crippen molar-refractivity contribution >= 4 is 0 Å². The highest BCUT2D eigenvalue weighted by atomic mass is 16.5. The quantitative estimate of drug-likeness (QED) is 0.658. The minimum absolute atomic E-state index is 0.227. The largest absolute Gasteiger partial charge is 0.369 e. The van der Waals surface area contributed by atoms with E-state index in [9.17, 15) is 0 Å². The summed E-state index contributed by atoms with van der Waals surface area (Å²) in [5.41, 5.74) is 2.71. The highest BCUT2D eigenvalue weighted by molar-refractivity contribution is 5.22. The third-order valence-corrected chi connectivity index (χ3v) is 4.54. The summed E-state index contributed by atoms with van der Waals surface area (Å²) in [4.78, 5) is 0. The molecule has 0 unspecified atom stereocenters. The molecule has 1 saturated carbocycles. The van der Waals surface area contributed by atoms with E-state index in [1.54, 1.807) is 0 Å². The molecule has 0 N–H and O–H groups in total. The average molecular weight is 242 g/mol. The Hall–Kier alpha value is -1.08.